The van der Waals surface area contributed by atoms with E-state index in [9.17, 15) is 4.79 Å². The van der Waals surface area contributed by atoms with Crippen molar-refractivity contribution in [3.8, 4) is 0 Å². The van der Waals surface area contributed by atoms with Crippen LogP contribution in [0.15, 0.2) is 0 Å². The molecule has 88 valence electrons. The normalized spacial score (nSPS) is 32.0. The standard InChI is InChI=1S/C10H19NO3S/c1-7(14-6-15-3)8-9(13)11-10(8,2)4-5-12/h7-8,12H,4-6H2,1-3H3,(H,11,13). The average Bonchev–Trinajstić information content (AvgIpc) is 2.14. The van der Waals surface area contributed by atoms with E-state index in [0.29, 0.717) is 12.4 Å². The molecule has 2 N–H and O–H groups in total. The first-order chi connectivity index (χ1) is 7.05. The Labute approximate surface area is 94.8 Å². The van der Waals surface area contributed by atoms with Gasteiger partial charge in [-0.2, -0.15) is 0 Å². The third-order valence-electron chi connectivity index (χ3n) is 2.93. The first-order valence-electron chi connectivity index (χ1n) is 5.08. The van der Waals surface area contributed by atoms with Crippen molar-refractivity contribution in [2.24, 2.45) is 5.92 Å². The minimum absolute atomic E-state index is 0.0274. The molecule has 1 saturated heterocycles. The quantitative estimate of drug-likeness (QED) is 0.521. The first-order valence-corrected chi connectivity index (χ1v) is 6.48. The van der Waals surface area contributed by atoms with Gasteiger partial charge in [-0.1, -0.05) is 0 Å². The fraction of sp³-hybridized carbons (Fsp3) is 0.900. The maximum atomic E-state index is 11.4. The van der Waals surface area contributed by atoms with Crippen LogP contribution in [0.4, 0.5) is 0 Å². The van der Waals surface area contributed by atoms with Gasteiger partial charge < -0.3 is 15.2 Å². The number of hydrogen-bond acceptors (Lipinski definition) is 4. The van der Waals surface area contributed by atoms with Crippen LogP contribution in [0.25, 0.3) is 0 Å². The van der Waals surface area contributed by atoms with E-state index in [-0.39, 0.29) is 30.1 Å². The molecule has 3 unspecified atom stereocenters. The molecule has 0 bridgehead atoms. The molecule has 1 aliphatic heterocycles. The highest BCUT2D eigenvalue weighted by Crippen LogP contribution is 2.34. The minimum atomic E-state index is -0.302. The first kappa shape index (κ1) is 12.8. The lowest BCUT2D eigenvalue weighted by Crippen LogP contribution is -2.70. The number of thioether (sulfide) groups is 1. The molecule has 1 aliphatic rings. The van der Waals surface area contributed by atoms with Crippen molar-refractivity contribution >= 4 is 17.7 Å². The summed E-state index contributed by atoms with van der Waals surface area (Å²) in [5, 5.41) is 11.8. The summed E-state index contributed by atoms with van der Waals surface area (Å²) < 4.78 is 5.53. The van der Waals surface area contributed by atoms with E-state index in [0.717, 1.165) is 0 Å². The Morgan fingerprint density at radius 1 is 1.73 bits per heavy atom. The Kier molecular flexibility index (Phi) is 4.43. The molecule has 0 saturated carbocycles. The van der Waals surface area contributed by atoms with Crippen LogP contribution in [-0.4, -0.2) is 41.5 Å². The summed E-state index contributed by atoms with van der Waals surface area (Å²) >= 11 is 1.59. The van der Waals surface area contributed by atoms with E-state index in [4.69, 9.17) is 9.84 Å². The number of aliphatic hydroxyl groups is 1. The van der Waals surface area contributed by atoms with E-state index in [1.807, 2.05) is 20.1 Å². The van der Waals surface area contributed by atoms with Gasteiger partial charge in [-0.25, -0.2) is 0 Å². The second-order valence-corrected chi connectivity index (χ2v) is 4.95. The summed E-state index contributed by atoms with van der Waals surface area (Å²) in [5.74, 6) is 0.483. The predicted octanol–water partition coefficient (Wildman–Crippen LogP) is 0.599. The monoisotopic (exact) mass is 233 g/mol. The Morgan fingerprint density at radius 2 is 2.40 bits per heavy atom. The highest BCUT2D eigenvalue weighted by atomic mass is 32.2. The number of nitrogens with one attached hydrogen (secondary N) is 1. The molecule has 1 rings (SSSR count). The van der Waals surface area contributed by atoms with Crippen LogP contribution in [0.5, 0.6) is 0 Å². The number of carbonyl (C=O) groups is 1. The minimum Gasteiger partial charge on any atom is -0.396 e. The molecular formula is C10H19NO3S. The van der Waals surface area contributed by atoms with Crippen LogP contribution >= 0.6 is 11.8 Å². The fourth-order valence-electron chi connectivity index (χ4n) is 2.10. The van der Waals surface area contributed by atoms with Crippen LogP contribution in [0, 0.1) is 5.92 Å². The lowest BCUT2D eigenvalue weighted by atomic mass is 9.72. The zero-order chi connectivity index (χ0) is 11.5. The van der Waals surface area contributed by atoms with E-state index < -0.39 is 0 Å². The molecule has 0 radical (unpaired) electrons. The van der Waals surface area contributed by atoms with Crippen molar-refractivity contribution in [1.82, 2.24) is 5.32 Å². The molecule has 4 nitrogen and oxygen atoms in total. The van der Waals surface area contributed by atoms with Crippen molar-refractivity contribution in [3.05, 3.63) is 0 Å². The largest absolute Gasteiger partial charge is 0.396 e. The Bertz CT molecular complexity index is 237. The van der Waals surface area contributed by atoms with Crippen LogP contribution in [-0.2, 0) is 9.53 Å². The zero-order valence-electron chi connectivity index (χ0n) is 9.45. The topological polar surface area (TPSA) is 58.6 Å². The number of rotatable bonds is 6. The maximum Gasteiger partial charge on any atom is 0.228 e. The van der Waals surface area contributed by atoms with Crippen molar-refractivity contribution < 1.29 is 14.6 Å². The molecule has 0 spiro atoms. The number of ether oxygens (including phenoxy) is 1. The molecule has 1 heterocycles. The van der Waals surface area contributed by atoms with E-state index in [1.165, 1.54) is 0 Å². The van der Waals surface area contributed by atoms with Gasteiger partial charge in [0, 0.05) is 6.61 Å². The average molecular weight is 233 g/mol. The van der Waals surface area contributed by atoms with Crippen LogP contribution < -0.4 is 5.32 Å². The molecule has 15 heavy (non-hydrogen) atoms. The van der Waals surface area contributed by atoms with Gasteiger partial charge in [0.15, 0.2) is 0 Å². The summed E-state index contributed by atoms with van der Waals surface area (Å²) in [6, 6.07) is 0. The molecular weight excluding hydrogens is 214 g/mol. The molecule has 5 heteroatoms. The second-order valence-electron chi connectivity index (χ2n) is 4.14. The fourth-order valence-corrected chi connectivity index (χ4v) is 2.45. The van der Waals surface area contributed by atoms with Gasteiger partial charge in [0.05, 0.1) is 23.5 Å². The van der Waals surface area contributed by atoms with E-state index in [1.54, 1.807) is 11.8 Å². The Balaban J connectivity index is 2.53. The van der Waals surface area contributed by atoms with Crippen molar-refractivity contribution in [2.75, 3.05) is 18.8 Å². The zero-order valence-corrected chi connectivity index (χ0v) is 10.3. The van der Waals surface area contributed by atoms with Gasteiger partial charge in [-0.15, -0.1) is 11.8 Å². The Morgan fingerprint density at radius 3 is 2.87 bits per heavy atom. The van der Waals surface area contributed by atoms with Crippen molar-refractivity contribution in [2.45, 2.75) is 31.9 Å². The third-order valence-corrected chi connectivity index (χ3v) is 3.30. The van der Waals surface area contributed by atoms with Crippen LogP contribution in [0.2, 0.25) is 0 Å². The number of carbonyl (C=O) groups excluding carboxylic acids is 1. The Hall–Kier alpha value is -0.260. The smallest absolute Gasteiger partial charge is 0.228 e. The van der Waals surface area contributed by atoms with Gasteiger partial charge in [0.25, 0.3) is 0 Å². The second kappa shape index (κ2) is 5.18. The molecule has 0 aromatic heterocycles. The summed E-state index contributed by atoms with van der Waals surface area (Å²) in [5.41, 5.74) is -0.302. The highest BCUT2D eigenvalue weighted by Gasteiger charge is 2.52. The molecule has 0 aromatic rings. The lowest BCUT2D eigenvalue weighted by molar-refractivity contribution is -0.150. The van der Waals surface area contributed by atoms with Gasteiger partial charge in [-0.05, 0) is 26.5 Å². The van der Waals surface area contributed by atoms with Crippen molar-refractivity contribution in [3.63, 3.8) is 0 Å². The SMILES string of the molecule is CSCOC(C)C1C(=O)NC1(C)CCO. The summed E-state index contributed by atoms with van der Waals surface area (Å²) in [7, 11) is 0. The number of hydrogen-bond donors (Lipinski definition) is 2. The molecule has 1 fully saturated rings. The van der Waals surface area contributed by atoms with Crippen molar-refractivity contribution in [1.29, 1.82) is 0 Å². The molecule has 1 amide bonds. The van der Waals surface area contributed by atoms with Gasteiger partial charge >= 0.3 is 0 Å². The predicted molar refractivity (Wildman–Crippen MR) is 60.7 cm³/mol. The molecule has 3 atom stereocenters. The lowest BCUT2D eigenvalue weighted by Gasteiger charge is -2.49. The van der Waals surface area contributed by atoms with Gasteiger partial charge in [0.2, 0.25) is 5.91 Å². The third kappa shape index (κ3) is 2.65. The molecule has 0 aliphatic carbocycles. The van der Waals surface area contributed by atoms with Gasteiger partial charge in [0.1, 0.15) is 0 Å². The van der Waals surface area contributed by atoms with E-state index in [2.05, 4.69) is 5.32 Å². The van der Waals surface area contributed by atoms with Gasteiger partial charge in [-0.3, -0.25) is 4.79 Å². The highest BCUT2D eigenvalue weighted by molar-refractivity contribution is 7.98. The summed E-state index contributed by atoms with van der Waals surface area (Å²) in [4.78, 5) is 11.4. The molecule has 0 aromatic carbocycles. The summed E-state index contributed by atoms with van der Waals surface area (Å²) in [6.45, 7) is 3.95. The number of β-lactam (4-membered cyclic amide) rings is 1. The van der Waals surface area contributed by atoms with Crippen LogP contribution in [0.1, 0.15) is 20.3 Å². The summed E-state index contributed by atoms with van der Waals surface area (Å²) in [6.07, 6.45) is 2.44. The number of aliphatic hydroxyl groups excluding tert-OH is 1. The maximum absolute atomic E-state index is 11.4. The van der Waals surface area contributed by atoms with Crippen LogP contribution in [0.3, 0.4) is 0 Å². The number of amides is 1. The van der Waals surface area contributed by atoms with E-state index >= 15 is 0 Å².